The quantitative estimate of drug-likeness (QED) is 0.668. The zero-order valence-corrected chi connectivity index (χ0v) is 12.7. The largest absolute Gasteiger partial charge is 0.308 e. The second-order valence-electron chi connectivity index (χ2n) is 5.86. The van der Waals surface area contributed by atoms with E-state index in [1.165, 1.54) is 43.2 Å². The van der Waals surface area contributed by atoms with Crippen molar-refractivity contribution < 1.29 is 0 Å². The van der Waals surface area contributed by atoms with E-state index in [-0.39, 0.29) is 0 Å². The van der Waals surface area contributed by atoms with Crippen LogP contribution in [-0.4, -0.2) is 22.5 Å². The number of pyridine rings is 1. The third-order valence-electron chi connectivity index (χ3n) is 4.53. The predicted molar refractivity (Wildman–Crippen MR) is 87.9 cm³/mol. The summed E-state index contributed by atoms with van der Waals surface area (Å²) in [4.78, 5) is 7.23. The van der Waals surface area contributed by atoms with Gasteiger partial charge in [-0.05, 0) is 37.9 Å². The molecule has 1 atom stereocenters. The van der Waals surface area contributed by atoms with Crippen molar-refractivity contribution >= 4 is 16.7 Å². The maximum atomic E-state index is 5.68. The van der Waals surface area contributed by atoms with Crippen LogP contribution in [0.4, 0.5) is 5.82 Å². The summed E-state index contributed by atoms with van der Waals surface area (Å²) in [5.74, 6) is 6.48. The number of fused-ring (bicyclic) bond motifs is 1. The fourth-order valence-electron chi connectivity index (χ4n) is 3.35. The van der Waals surface area contributed by atoms with Gasteiger partial charge in [0.1, 0.15) is 5.82 Å². The van der Waals surface area contributed by atoms with Crippen molar-refractivity contribution in [3.63, 3.8) is 0 Å². The van der Waals surface area contributed by atoms with Crippen LogP contribution in [0.1, 0.15) is 38.2 Å². The summed E-state index contributed by atoms with van der Waals surface area (Å²) in [6, 6.07) is 11.1. The van der Waals surface area contributed by atoms with Crippen molar-refractivity contribution in [3.05, 3.63) is 35.9 Å². The number of para-hydroxylation sites is 1. The highest BCUT2D eigenvalue weighted by Gasteiger charge is 2.22. The van der Waals surface area contributed by atoms with Gasteiger partial charge in [-0.1, -0.05) is 31.5 Å². The fourth-order valence-corrected chi connectivity index (χ4v) is 3.35. The maximum absolute atomic E-state index is 5.68. The van der Waals surface area contributed by atoms with Crippen molar-refractivity contribution in [2.45, 2.75) is 45.2 Å². The molecule has 0 spiro atoms. The van der Waals surface area contributed by atoms with E-state index in [1.54, 1.807) is 0 Å². The van der Waals surface area contributed by atoms with E-state index in [9.17, 15) is 0 Å². The fraction of sp³-hybridized carbons (Fsp3) is 0.471. The molecule has 1 aliphatic rings. The Bertz CT molecular complexity index is 611. The third-order valence-corrected chi connectivity index (χ3v) is 4.53. The Morgan fingerprint density at radius 3 is 3.00 bits per heavy atom. The Labute approximate surface area is 126 Å². The van der Waals surface area contributed by atoms with E-state index in [1.807, 2.05) is 12.1 Å². The van der Waals surface area contributed by atoms with Crippen molar-refractivity contribution in [1.82, 2.24) is 9.88 Å². The van der Waals surface area contributed by atoms with E-state index in [4.69, 9.17) is 5.84 Å². The van der Waals surface area contributed by atoms with Crippen LogP contribution in [0.15, 0.2) is 30.3 Å². The highest BCUT2D eigenvalue weighted by Crippen LogP contribution is 2.26. The minimum absolute atomic E-state index is 0.691. The number of hydrogen-bond donors (Lipinski definition) is 2. The van der Waals surface area contributed by atoms with Gasteiger partial charge in [0.2, 0.25) is 0 Å². The SMILES string of the molecule is CCC1CCCCN1Cc1cc2ccccc2nc1NN. The molecule has 0 aliphatic carbocycles. The summed E-state index contributed by atoms with van der Waals surface area (Å²) in [6.07, 6.45) is 5.17. The Balaban J connectivity index is 1.91. The Kier molecular flexibility index (Phi) is 4.36. The molecule has 112 valence electrons. The average Bonchev–Trinajstić information content (AvgIpc) is 2.54. The molecule has 0 bridgehead atoms. The second-order valence-corrected chi connectivity index (χ2v) is 5.86. The van der Waals surface area contributed by atoms with Gasteiger partial charge in [0.05, 0.1) is 5.52 Å². The van der Waals surface area contributed by atoms with Crippen LogP contribution >= 0.6 is 0 Å². The van der Waals surface area contributed by atoms with Gasteiger partial charge in [-0.2, -0.15) is 0 Å². The van der Waals surface area contributed by atoms with Crippen LogP contribution < -0.4 is 11.3 Å². The summed E-state index contributed by atoms with van der Waals surface area (Å²) < 4.78 is 0. The minimum atomic E-state index is 0.691. The number of piperidine rings is 1. The van der Waals surface area contributed by atoms with Crippen molar-refractivity contribution in [3.8, 4) is 0 Å². The molecule has 21 heavy (non-hydrogen) atoms. The highest BCUT2D eigenvalue weighted by atomic mass is 15.3. The average molecular weight is 284 g/mol. The molecule has 4 heteroatoms. The first kappa shape index (κ1) is 14.3. The van der Waals surface area contributed by atoms with E-state index in [0.29, 0.717) is 6.04 Å². The lowest BCUT2D eigenvalue weighted by Crippen LogP contribution is -2.38. The van der Waals surface area contributed by atoms with Crippen LogP contribution in [0.25, 0.3) is 10.9 Å². The lowest BCUT2D eigenvalue weighted by atomic mass is 9.99. The van der Waals surface area contributed by atoms with Crippen LogP contribution in [0.5, 0.6) is 0 Å². The molecule has 0 saturated carbocycles. The molecule has 1 fully saturated rings. The number of nitrogens with one attached hydrogen (secondary N) is 1. The molecule has 3 N–H and O–H groups in total. The molecular formula is C17H24N4. The number of rotatable bonds is 4. The molecule has 1 unspecified atom stereocenters. The van der Waals surface area contributed by atoms with Gasteiger partial charge in [-0.15, -0.1) is 0 Å². The molecule has 2 heterocycles. The number of hydrogen-bond acceptors (Lipinski definition) is 4. The number of benzene rings is 1. The zero-order chi connectivity index (χ0) is 14.7. The van der Waals surface area contributed by atoms with E-state index < -0.39 is 0 Å². The number of nitrogen functional groups attached to an aromatic ring is 1. The summed E-state index contributed by atoms with van der Waals surface area (Å²) in [5, 5.41) is 1.18. The molecule has 1 aliphatic heterocycles. The van der Waals surface area contributed by atoms with Crippen molar-refractivity contribution in [1.29, 1.82) is 0 Å². The minimum Gasteiger partial charge on any atom is -0.308 e. The van der Waals surface area contributed by atoms with Gasteiger partial charge in [-0.3, -0.25) is 4.90 Å². The number of anilines is 1. The summed E-state index contributed by atoms with van der Waals surface area (Å²) in [5.41, 5.74) is 4.95. The van der Waals surface area contributed by atoms with Crippen molar-refractivity contribution in [2.24, 2.45) is 5.84 Å². The first-order valence-corrected chi connectivity index (χ1v) is 7.91. The second kappa shape index (κ2) is 6.41. The van der Waals surface area contributed by atoms with E-state index >= 15 is 0 Å². The Morgan fingerprint density at radius 1 is 1.33 bits per heavy atom. The normalized spacial score (nSPS) is 19.8. The predicted octanol–water partition coefficient (Wildman–Crippen LogP) is 3.28. The molecule has 1 aromatic heterocycles. The maximum Gasteiger partial charge on any atom is 0.145 e. The zero-order valence-electron chi connectivity index (χ0n) is 12.7. The molecule has 4 nitrogen and oxygen atoms in total. The number of aromatic nitrogens is 1. The van der Waals surface area contributed by atoms with Crippen LogP contribution in [0, 0.1) is 0 Å². The van der Waals surface area contributed by atoms with E-state index in [0.717, 1.165) is 17.9 Å². The lowest BCUT2D eigenvalue weighted by molar-refractivity contribution is 0.136. The van der Waals surface area contributed by atoms with Gasteiger partial charge < -0.3 is 5.43 Å². The number of likely N-dealkylation sites (tertiary alicyclic amines) is 1. The molecule has 1 saturated heterocycles. The van der Waals surface area contributed by atoms with E-state index in [2.05, 4.69) is 40.4 Å². The molecular weight excluding hydrogens is 260 g/mol. The third kappa shape index (κ3) is 3.01. The molecule has 0 radical (unpaired) electrons. The summed E-state index contributed by atoms with van der Waals surface area (Å²) in [7, 11) is 0. The monoisotopic (exact) mass is 284 g/mol. The van der Waals surface area contributed by atoms with Gasteiger partial charge >= 0.3 is 0 Å². The van der Waals surface area contributed by atoms with Crippen LogP contribution in [0.3, 0.4) is 0 Å². The first-order valence-electron chi connectivity index (χ1n) is 7.91. The first-order chi connectivity index (χ1) is 10.3. The van der Waals surface area contributed by atoms with Gasteiger partial charge in [0.25, 0.3) is 0 Å². The summed E-state index contributed by atoms with van der Waals surface area (Å²) in [6.45, 7) is 4.38. The topological polar surface area (TPSA) is 54.2 Å². The smallest absolute Gasteiger partial charge is 0.145 e. The van der Waals surface area contributed by atoms with Crippen LogP contribution in [-0.2, 0) is 6.54 Å². The Hall–Kier alpha value is -1.65. The summed E-state index contributed by atoms with van der Waals surface area (Å²) >= 11 is 0. The Morgan fingerprint density at radius 2 is 2.19 bits per heavy atom. The number of nitrogens with two attached hydrogens (primary N) is 1. The van der Waals surface area contributed by atoms with Gasteiger partial charge in [0, 0.05) is 23.5 Å². The standard InChI is InChI=1S/C17H24N4/c1-2-15-8-5-6-10-21(15)12-14-11-13-7-3-4-9-16(13)19-17(14)20-18/h3-4,7,9,11,15H,2,5-6,8,10,12,18H2,1H3,(H,19,20). The number of hydrazine groups is 1. The number of nitrogens with zero attached hydrogens (tertiary/aromatic N) is 2. The molecule has 3 rings (SSSR count). The molecule has 0 amide bonds. The van der Waals surface area contributed by atoms with Gasteiger partial charge in [0.15, 0.2) is 0 Å². The molecule has 1 aromatic carbocycles. The highest BCUT2D eigenvalue weighted by molar-refractivity contribution is 5.81. The van der Waals surface area contributed by atoms with Crippen molar-refractivity contribution in [2.75, 3.05) is 12.0 Å². The van der Waals surface area contributed by atoms with Gasteiger partial charge in [-0.25, -0.2) is 10.8 Å². The van der Waals surface area contributed by atoms with Crippen LogP contribution in [0.2, 0.25) is 0 Å². The lowest BCUT2D eigenvalue weighted by Gasteiger charge is -2.35. The molecule has 2 aromatic rings.